The van der Waals surface area contributed by atoms with Gasteiger partial charge in [0, 0.05) is 47.1 Å². The van der Waals surface area contributed by atoms with Gasteiger partial charge < -0.3 is 9.74 Å². The van der Waals surface area contributed by atoms with Crippen LogP contribution in [0.2, 0.25) is 5.02 Å². The number of benzene rings is 2. The zero-order chi connectivity index (χ0) is 21.7. The van der Waals surface area contributed by atoms with Crippen molar-refractivity contribution in [3.05, 3.63) is 68.7 Å². The van der Waals surface area contributed by atoms with E-state index in [0.29, 0.717) is 16.3 Å². The van der Waals surface area contributed by atoms with Crippen LogP contribution in [-0.4, -0.2) is 30.4 Å². The van der Waals surface area contributed by atoms with Crippen LogP contribution in [-0.2, 0) is 11.4 Å². The number of nitrogens with zero attached hydrogens (tertiary/aromatic N) is 3. The number of piperidine rings is 1. The van der Waals surface area contributed by atoms with E-state index in [4.69, 9.17) is 16.4 Å². The van der Waals surface area contributed by atoms with Crippen molar-refractivity contribution in [1.82, 2.24) is 0 Å². The highest BCUT2D eigenvalue weighted by atomic mass is 35.5. The lowest BCUT2D eigenvalue weighted by molar-refractivity contribution is -0.384. The summed E-state index contributed by atoms with van der Waals surface area (Å²) in [6.45, 7) is 0.504. The molecular weight excluding hydrogens is 423 g/mol. The third kappa shape index (κ3) is 5.41. The monoisotopic (exact) mass is 441 g/mol. The Bertz CT molecular complexity index is 929. The molecule has 1 aliphatic rings. The Labute approximate surface area is 176 Å². The van der Waals surface area contributed by atoms with Crippen LogP contribution in [0.5, 0.6) is 0 Å². The fourth-order valence-corrected chi connectivity index (χ4v) is 3.50. The topological polar surface area (TPSA) is 68.0 Å². The Morgan fingerprint density at radius 2 is 1.93 bits per heavy atom. The van der Waals surface area contributed by atoms with Gasteiger partial charge in [-0.15, -0.1) is 0 Å². The number of non-ortho nitro benzene ring substituents is 1. The number of oxime groups is 1. The van der Waals surface area contributed by atoms with Crippen molar-refractivity contribution in [3.8, 4) is 0 Å². The molecule has 0 amide bonds. The van der Waals surface area contributed by atoms with Crippen molar-refractivity contribution in [2.45, 2.75) is 25.6 Å². The van der Waals surface area contributed by atoms with E-state index in [2.05, 4.69) is 5.16 Å². The summed E-state index contributed by atoms with van der Waals surface area (Å²) in [6.07, 6.45) is -2.94. The van der Waals surface area contributed by atoms with Gasteiger partial charge in [-0.2, -0.15) is 13.2 Å². The van der Waals surface area contributed by atoms with Gasteiger partial charge in [0.2, 0.25) is 0 Å². The van der Waals surface area contributed by atoms with E-state index in [1.165, 1.54) is 24.4 Å². The van der Waals surface area contributed by atoms with E-state index in [0.717, 1.165) is 5.56 Å². The first kappa shape index (κ1) is 21.9. The average molecular weight is 442 g/mol. The van der Waals surface area contributed by atoms with Crippen LogP contribution < -0.4 is 4.90 Å². The molecule has 0 spiro atoms. The summed E-state index contributed by atoms with van der Waals surface area (Å²) in [7, 11) is 0. The quantitative estimate of drug-likeness (QED) is 0.333. The molecule has 0 N–H and O–H groups in total. The van der Waals surface area contributed by atoms with Gasteiger partial charge in [0.1, 0.15) is 6.61 Å². The molecule has 0 aromatic heterocycles. The summed E-state index contributed by atoms with van der Waals surface area (Å²) in [4.78, 5) is 17.6. The van der Waals surface area contributed by atoms with Crippen LogP contribution in [0.1, 0.15) is 24.0 Å². The molecule has 1 aliphatic heterocycles. The molecule has 1 heterocycles. The predicted molar refractivity (Wildman–Crippen MR) is 108 cm³/mol. The average Bonchev–Trinajstić information content (AvgIpc) is 2.71. The number of halogens is 4. The van der Waals surface area contributed by atoms with Gasteiger partial charge in [-0.1, -0.05) is 35.0 Å². The fourth-order valence-electron chi connectivity index (χ4n) is 3.31. The third-order valence-electron chi connectivity index (χ3n) is 4.96. The van der Waals surface area contributed by atoms with Crippen molar-refractivity contribution in [3.63, 3.8) is 0 Å². The maximum atomic E-state index is 12.9. The zero-order valence-corrected chi connectivity index (χ0v) is 16.6. The van der Waals surface area contributed by atoms with Crippen LogP contribution >= 0.6 is 11.6 Å². The summed E-state index contributed by atoms with van der Waals surface area (Å²) < 4.78 is 38.8. The van der Waals surface area contributed by atoms with Gasteiger partial charge >= 0.3 is 6.18 Å². The summed E-state index contributed by atoms with van der Waals surface area (Å²) in [5.41, 5.74) is 1.56. The summed E-state index contributed by atoms with van der Waals surface area (Å²) >= 11 is 6.05. The molecule has 0 radical (unpaired) electrons. The Morgan fingerprint density at radius 1 is 1.23 bits per heavy atom. The molecule has 0 unspecified atom stereocenters. The second kappa shape index (κ2) is 9.34. The molecule has 2 aromatic carbocycles. The van der Waals surface area contributed by atoms with E-state index < -0.39 is 17.0 Å². The zero-order valence-electron chi connectivity index (χ0n) is 15.8. The number of hydrogen-bond donors (Lipinski definition) is 0. The molecular formula is C20H19ClF3N3O3. The van der Waals surface area contributed by atoms with Gasteiger partial charge in [0.15, 0.2) is 0 Å². The van der Waals surface area contributed by atoms with Crippen LogP contribution in [0.3, 0.4) is 0 Å². The lowest BCUT2D eigenvalue weighted by Gasteiger charge is -2.35. The van der Waals surface area contributed by atoms with E-state index in [9.17, 15) is 23.3 Å². The SMILES string of the molecule is O=[N+]([O-])c1ccc(N2CCC(C(F)(F)F)CC2)c(C=NOCc2ccccc2Cl)c1. The number of anilines is 1. The lowest BCUT2D eigenvalue weighted by atomic mass is 9.95. The highest BCUT2D eigenvalue weighted by Crippen LogP contribution is 2.36. The van der Waals surface area contributed by atoms with Crippen LogP contribution in [0.15, 0.2) is 47.6 Å². The Balaban J connectivity index is 1.74. The minimum absolute atomic E-state index is 0.0277. The smallest absolute Gasteiger partial charge is 0.391 e. The number of alkyl halides is 3. The van der Waals surface area contributed by atoms with Gasteiger partial charge in [0.25, 0.3) is 5.69 Å². The summed E-state index contributed by atoms with van der Waals surface area (Å²) in [6, 6.07) is 11.3. The second-order valence-electron chi connectivity index (χ2n) is 6.90. The van der Waals surface area contributed by atoms with E-state index in [1.54, 1.807) is 29.2 Å². The summed E-state index contributed by atoms with van der Waals surface area (Å²) in [5.74, 6) is -1.33. The molecule has 160 valence electrons. The van der Waals surface area contributed by atoms with Crippen LogP contribution in [0.25, 0.3) is 0 Å². The molecule has 30 heavy (non-hydrogen) atoms. The van der Waals surface area contributed by atoms with Crippen LogP contribution in [0.4, 0.5) is 24.5 Å². The molecule has 0 saturated carbocycles. The van der Waals surface area contributed by atoms with Crippen molar-refractivity contribution in [2.24, 2.45) is 11.1 Å². The molecule has 0 bridgehead atoms. The minimum atomic E-state index is -4.21. The van der Waals surface area contributed by atoms with Crippen molar-refractivity contribution >= 4 is 29.2 Å². The Kier molecular flexibility index (Phi) is 6.81. The highest BCUT2D eigenvalue weighted by Gasteiger charge is 2.41. The van der Waals surface area contributed by atoms with Gasteiger partial charge in [0.05, 0.1) is 17.1 Å². The standard InChI is InChI=1S/C20H19ClF3N3O3/c21-18-4-2-1-3-14(18)13-30-25-12-15-11-17(27(28)29)5-6-19(15)26-9-7-16(8-10-26)20(22,23)24/h1-6,11-12,16H,7-10,13H2. The lowest BCUT2D eigenvalue weighted by Crippen LogP contribution is -2.39. The van der Waals surface area contributed by atoms with Gasteiger partial charge in [-0.05, 0) is 25.0 Å². The first-order chi connectivity index (χ1) is 14.3. The Morgan fingerprint density at radius 3 is 2.57 bits per heavy atom. The normalized spacial score (nSPS) is 15.5. The van der Waals surface area contributed by atoms with Crippen molar-refractivity contribution < 1.29 is 22.9 Å². The van der Waals surface area contributed by atoms with E-state index in [-0.39, 0.29) is 38.2 Å². The van der Waals surface area contributed by atoms with Crippen molar-refractivity contribution in [2.75, 3.05) is 18.0 Å². The molecule has 6 nitrogen and oxygen atoms in total. The molecule has 10 heteroatoms. The molecule has 1 fully saturated rings. The molecule has 0 aliphatic carbocycles. The number of nitro groups is 1. The van der Waals surface area contributed by atoms with Gasteiger partial charge in [-0.25, -0.2) is 0 Å². The largest absolute Gasteiger partial charge is 0.391 e. The molecule has 3 rings (SSSR count). The number of rotatable bonds is 6. The fraction of sp³-hybridized carbons (Fsp3) is 0.350. The predicted octanol–water partition coefficient (Wildman–Crippen LogP) is 5.58. The Hall–Kier alpha value is -2.81. The molecule has 1 saturated heterocycles. The van der Waals surface area contributed by atoms with E-state index in [1.807, 2.05) is 0 Å². The first-order valence-electron chi connectivity index (χ1n) is 9.24. The van der Waals surface area contributed by atoms with Gasteiger partial charge in [-0.3, -0.25) is 10.1 Å². The summed E-state index contributed by atoms with van der Waals surface area (Å²) in [5, 5.41) is 15.5. The highest BCUT2D eigenvalue weighted by molar-refractivity contribution is 6.31. The number of nitro benzene ring substituents is 1. The first-order valence-corrected chi connectivity index (χ1v) is 9.62. The maximum absolute atomic E-state index is 12.9. The molecule has 2 aromatic rings. The third-order valence-corrected chi connectivity index (χ3v) is 5.33. The minimum Gasteiger partial charge on any atom is -0.391 e. The van der Waals surface area contributed by atoms with Crippen molar-refractivity contribution in [1.29, 1.82) is 0 Å². The second-order valence-corrected chi connectivity index (χ2v) is 7.31. The van der Waals surface area contributed by atoms with E-state index >= 15 is 0 Å². The number of hydrogen-bond acceptors (Lipinski definition) is 5. The molecule has 0 atom stereocenters. The maximum Gasteiger partial charge on any atom is 0.391 e. The van der Waals surface area contributed by atoms with Crippen LogP contribution in [0, 0.1) is 16.0 Å².